The lowest BCUT2D eigenvalue weighted by Gasteiger charge is -2.06. The number of hydrogen-bond acceptors (Lipinski definition) is 4. The molecule has 0 aliphatic rings. The molecular weight excluding hydrogens is 224 g/mol. The molecular formula is C14H10N4. The smallest absolute Gasteiger partial charge is 0.142 e. The number of rotatable bonds is 3. The predicted octanol–water partition coefficient (Wildman–Crippen LogP) is 2.44. The average Bonchev–Trinajstić information content (AvgIpc) is 2.45. The number of aromatic nitrogens is 1. The summed E-state index contributed by atoms with van der Waals surface area (Å²) < 4.78 is 0. The summed E-state index contributed by atoms with van der Waals surface area (Å²) in [5, 5.41) is 20.7. The molecule has 86 valence electrons. The van der Waals surface area contributed by atoms with Crippen LogP contribution in [0, 0.1) is 22.7 Å². The molecule has 1 N–H and O–H groups in total. The molecule has 0 spiro atoms. The zero-order valence-electron chi connectivity index (χ0n) is 9.59. The molecule has 0 saturated carbocycles. The molecule has 4 heteroatoms. The molecule has 1 heterocycles. The molecule has 2 aromatic rings. The molecule has 0 amide bonds. The van der Waals surface area contributed by atoms with Crippen molar-refractivity contribution in [1.82, 2.24) is 4.98 Å². The second-order valence-electron chi connectivity index (χ2n) is 3.71. The maximum absolute atomic E-state index is 8.80. The minimum atomic E-state index is 0.380. The predicted molar refractivity (Wildman–Crippen MR) is 67.4 cm³/mol. The van der Waals surface area contributed by atoms with Gasteiger partial charge in [-0.25, -0.2) is 4.98 Å². The van der Waals surface area contributed by atoms with Gasteiger partial charge in [-0.15, -0.1) is 0 Å². The number of hydrogen-bond donors (Lipinski definition) is 1. The first-order valence-electron chi connectivity index (χ1n) is 5.41. The minimum absolute atomic E-state index is 0.380. The van der Waals surface area contributed by atoms with E-state index >= 15 is 0 Å². The number of benzene rings is 1. The van der Waals surface area contributed by atoms with Crippen LogP contribution in [-0.2, 0) is 6.54 Å². The van der Waals surface area contributed by atoms with Gasteiger partial charge in [-0.1, -0.05) is 12.1 Å². The van der Waals surface area contributed by atoms with Gasteiger partial charge in [0.1, 0.15) is 11.8 Å². The van der Waals surface area contributed by atoms with E-state index in [4.69, 9.17) is 10.5 Å². The molecule has 0 aliphatic carbocycles. The Morgan fingerprint density at radius 1 is 1.11 bits per heavy atom. The highest BCUT2D eigenvalue weighted by atomic mass is 14.9. The van der Waals surface area contributed by atoms with Gasteiger partial charge in [0.2, 0.25) is 0 Å². The molecule has 1 aromatic heterocycles. The van der Waals surface area contributed by atoms with Gasteiger partial charge < -0.3 is 5.32 Å². The normalized spacial score (nSPS) is 9.22. The Hall–Kier alpha value is -2.85. The van der Waals surface area contributed by atoms with E-state index < -0.39 is 0 Å². The van der Waals surface area contributed by atoms with Crippen LogP contribution < -0.4 is 5.32 Å². The van der Waals surface area contributed by atoms with Crippen molar-refractivity contribution in [2.45, 2.75) is 6.54 Å². The van der Waals surface area contributed by atoms with Crippen LogP contribution >= 0.6 is 0 Å². The van der Waals surface area contributed by atoms with E-state index in [0.717, 1.165) is 11.3 Å². The number of pyridine rings is 1. The summed E-state index contributed by atoms with van der Waals surface area (Å²) in [7, 11) is 0. The maximum atomic E-state index is 8.80. The number of nitriles is 2. The van der Waals surface area contributed by atoms with Crippen molar-refractivity contribution in [3.63, 3.8) is 0 Å². The molecule has 18 heavy (non-hydrogen) atoms. The summed E-state index contributed by atoms with van der Waals surface area (Å²) >= 11 is 0. The van der Waals surface area contributed by atoms with E-state index in [1.54, 1.807) is 24.4 Å². The largest absolute Gasteiger partial charge is 0.381 e. The van der Waals surface area contributed by atoms with Gasteiger partial charge in [0.05, 0.1) is 11.6 Å². The molecule has 0 saturated heterocycles. The van der Waals surface area contributed by atoms with E-state index in [1.165, 1.54) is 0 Å². The van der Waals surface area contributed by atoms with Gasteiger partial charge in [-0.05, 0) is 29.8 Å². The lowest BCUT2D eigenvalue weighted by molar-refractivity contribution is 1.13. The monoisotopic (exact) mass is 234 g/mol. The summed E-state index contributed by atoms with van der Waals surface area (Å²) in [6.45, 7) is 0.602. The molecule has 0 aliphatic heterocycles. The van der Waals surface area contributed by atoms with Gasteiger partial charge in [0.25, 0.3) is 0 Å². The fourth-order valence-corrected chi connectivity index (χ4v) is 1.56. The van der Waals surface area contributed by atoms with E-state index in [2.05, 4.69) is 16.4 Å². The van der Waals surface area contributed by atoms with Crippen molar-refractivity contribution in [2.24, 2.45) is 0 Å². The Morgan fingerprint density at radius 2 is 2.00 bits per heavy atom. The molecule has 1 aromatic carbocycles. The van der Waals surface area contributed by atoms with Crippen LogP contribution in [0.3, 0.4) is 0 Å². The Morgan fingerprint density at radius 3 is 2.78 bits per heavy atom. The van der Waals surface area contributed by atoms with Crippen LogP contribution in [0.25, 0.3) is 0 Å². The van der Waals surface area contributed by atoms with Gasteiger partial charge >= 0.3 is 0 Å². The maximum Gasteiger partial charge on any atom is 0.142 e. The summed E-state index contributed by atoms with van der Waals surface area (Å²) in [4.78, 5) is 3.90. The SMILES string of the molecule is N#Cc1cccc(CNc2ccnc(C#N)c2)c1. The highest BCUT2D eigenvalue weighted by Crippen LogP contribution is 2.10. The van der Waals surface area contributed by atoms with Gasteiger partial charge in [0, 0.05) is 18.4 Å². The third-order valence-corrected chi connectivity index (χ3v) is 2.43. The first kappa shape index (κ1) is 11.6. The summed E-state index contributed by atoms with van der Waals surface area (Å²) in [5.41, 5.74) is 2.88. The van der Waals surface area contributed by atoms with E-state index in [9.17, 15) is 0 Å². The van der Waals surface area contributed by atoms with Crippen molar-refractivity contribution >= 4 is 5.69 Å². The Kier molecular flexibility index (Phi) is 3.53. The van der Waals surface area contributed by atoms with Crippen molar-refractivity contribution < 1.29 is 0 Å². The van der Waals surface area contributed by atoms with Crippen molar-refractivity contribution in [2.75, 3.05) is 5.32 Å². The lowest BCUT2D eigenvalue weighted by Crippen LogP contribution is -2.00. The Labute approximate surface area is 105 Å². The molecule has 0 atom stereocenters. The molecule has 0 unspecified atom stereocenters. The molecule has 0 bridgehead atoms. The highest BCUT2D eigenvalue weighted by Gasteiger charge is 1.98. The summed E-state index contributed by atoms with van der Waals surface area (Å²) in [5.74, 6) is 0. The second-order valence-corrected chi connectivity index (χ2v) is 3.71. The van der Waals surface area contributed by atoms with Crippen molar-refractivity contribution in [3.05, 3.63) is 59.4 Å². The van der Waals surface area contributed by atoms with E-state index in [0.29, 0.717) is 17.8 Å². The second kappa shape index (κ2) is 5.47. The zero-order valence-corrected chi connectivity index (χ0v) is 9.59. The van der Waals surface area contributed by atoms with Crippen LogP contribution in [0.1, 0.15) is 16.8 Å². The molecule has 4 nitrogen and oxygen atoms in total. The fraction of sp³-hybridized carbons (Fsp3) is 0.0714. The van der Waals surface area contributed by atoms with Crippen LogP contribution in [0.2, 0.25) is 0 Å². The van der Waals surface area contributed by atoms with Crippen LogP contribution in [0.4, 0.5) is 5.69 Å². The summed E-state index contributed by atoms with van der Waals surface area (Å²) in [6.07, 6.45) is 1.59. The van der Waals surface area contributed by atoms with Crippen molar-refractivity contribution in [1.29, 1.82) is 10.5 Å². The third-order valence-electron chi connectivity index (χ3n) is 2.43. The fourth-order valence-electron chi connectivity index (χ4n) is 1.56. The quantitative estimate of drug-likeness (QED) is 0.885. The van der Waals surface area contributed by atoms with Gasteiger partial charge in [-0.2, -0.15) is 10.5 Å². The Balaban J connectivity index is 2.07. The first-order valence-corrected chi connectivity index (χ1v) is 5.41. The molecule has 0 radical (unpaired) electrons. The Bertz CT molecular complexity index is 577. The van der Waals surface area contributed by atoms with Crippen LogP contribution in [0.5, 0.6) is 0 Å². The molecule has 0 fully saturated rings. The molecule has 2 rings (SSSR count). The topological polar surface area (TPSA) is 72.5 Å². The summed E-state index contributed by atoms with van der Waals surface area (Å²) in [6, 6.07) is 15.0. The van der Waals surface area contributed by atoms with Gasteiger partial charge in [0.15, 0.2) is 0 Å². The minimum Gasteiger partial charge on any atom is -0.381 e. The van der Waals surface area contributed by atoms with E-state index in [1.807, 2.05) is 24.3 Å². The number of nitrogens with one attached hydrogen (secondary N) is 1. The van der Waals surface area contributed by atoms with Crippen molar-refractivity contribution in [3.8, 4) is 12.1 Å². The zero-order chi connectivity index (χ0) is 12.8. The van der Waals surface area contributed by atoms with Crippen LogP contribution in [0.15, 0.2) is 42.6 Å². The standard InChI is InChI=1S/C14H10N4/c15-8-11-2-1-3-12(6-11)10-18-13-4-5-17-14(7-13)9-16/h1-7H,10H2,(H,17,18). The van der Waals surface area contributed by atoms with Gasteiger partial charge in [-0.3, -0.25) is 0 Å². The van der Waals surface area contributed by atoms with Crippen LogP contribution in [-0.4, -0.2) is 4.98 Å². The lowest BCUT2D eigenvalue weighted by atomic mass is 10.1. The third kappa shape index (κ3) is 2.84. The highest BCUT2D eigenvalue weighted by molar-refractivity contribution is 5.46. The first-order chi connectivity index (χ1) is 8.81. The average molecular weight is 234 g/mol. The number of nitrogens with zero attached hydrogens (tertiary/aromatic N) is 3. The number of anilines is 1. The van der Waals surface area contributed by atoms with E-state index in [-0.39, 0.29) is 0 Å².